The third-order valence-corrected chi connectivity index (χ3v) is 4.49. The van der Waals surface area contributed by atoms with Crippen LogP contribution >= 0.6 is 23.7 Å². The molecule has 2 amide bonds. The van der Waals surface area contributed by atoms with E-state index in [1.807, 2.05) is 0 Å². The number of esters is 1. The molecule has 2 N–H and O–H groups in total. The van der Waals surface area contributed by atoms with Crippen LogP contribution in [0.3, 0.4) is 0 Å². The lowest BCUT2D eigenvalue weighted by atomic mass is 10.3. The SMILES string of the molecule is COC(=O)c1sccc1NC(=O)CN(C)CC(=O)N1CCNCC1.Cl. The topological polar surface area (TPSA) is 91.0 Å². The lowest BCUT2D eigenvalue weighted by Gasteiger charge is -2.29. The van der Waals surface area contributed by atoms with E-state index < -0.39 is 5.97 Å². The van der Waals surface area contributed by atoms with Crippen molar-refractivity contribution in [1.29, 1.82) is 0 Å². The summed E-state index contributed by atoms with van der Waals surface area (Å²) in [6.45, 7) is 3.22. The fourth-order valence-corrected chi connectivity index (χ4v) is 3.16. The standard InChI is InChI=1S/C15H22N4O4S.ClH/c1-18(10-13(21)19-6-4-16-5-7-19)9-12(20)17-11-3-8-24-14(11)15(22)23-2;/h3,8,16H,4-7,9-10H2,1-2H3,(H,17,20);1H. The first-order chi connectivity index (χ1) is 11.5. The maximum atomic E-state index is 12.2. The summed E-state index contributed by atoms with van der Waals surface area (Å²) >= 11 is 1.20. The highest BCUT2D eigenvalue weighted by Gasteiger charge is 2.20. The van der Waals surface area contributed by atoms with Crippen LogP contribution in [0.4, 0.5) is 5.69 Å². The number of likely N-dealkylation sites (N-methyl/N-ethyl adjacent to an activating group) is 1. The molecule has 8 nitrogen and oxygen atoms in total. The molecule has 1 saturated heterocycles. The number of hydrogen-bond donors (Lipinski definition) is 2. The number of methoxy groups -OCH3 is 1. The molecule has 0 aromatic carbocycles. The van der Waals surface area contributed by atoms with Crippen LogP contribution in [-0.2, 0) is 14.3 Å². The van der Waals surface area contributed by atoms with Gasteiger partial charge in [-0.05, 0) is 18.5 Å². The van der Waals surface area contributed by atoms with Gasteiger partial charge in [-0.1, -0.05) is 0 Å². The van der Waals surface area contributed by atoms with E-state index >= 15 is 0 Å². The van der Waals surface area contributed by atoms with E-state index in [0.717, 1.165) is 13.1 Å². The Morgan fingerprint density at radius 3 is 2.64 bits per heavy atom. The summed E-state index contributed by atoms with van der Waals surface area (Å²) in [5, 5.41) is 7.58. The summed E-state index contributed by atoms with van der Waals surface area (Å²) in [5.41, 5.74) is 0.429. The molecule has 1 aromatic rings. The molecule has 25 heavy (non-hydrogen) atoms. The Morgan fingerprint density at radius 1 is 1.32 bits per heavy atom. The van der Waals surface area contributed by atoms with Crippen LogP contribution in [0.2, 0.25) is 0 Å². The fraction of sp³-hybridized carbons (Fsp3) is 0.533. The van der Waals surface area contributed by atoms with Crippen LogP contribution in [0.1, 0.15) is 9.67 Å². The monoisotopic (exact) mass is 390 g/mol. The van der Waals surface area contributed by atoms with Crippen LogP contribution in [0.15, 0.2) is 11.4 Å². The van der Waals surface area contributed by atoms with Crippen LogP contribution in [-0.4, -0.2) is 81.0 Å². The van der Waals surface area contributed by atoms with Crippen molar-refractivity contribution in [2.24, 2.45) is 0 Å². The lowest BCUT2D eigenvalue weighted by Crippen LogP contribution is -2.49. The molecule has 1 fully saturated rings. The molecule has 0 spiro atoms. The summed E-state index contributed by atoms with van der Waals surface area (Å²) < 4.78 is 4.67. The predicted octanol–water partition coefficient (Wildman–Crippen LogP) is 0.259. The third-order valence-electron chi connectivity index (χ3n) is 3.60. The van der Waals surface area contributed by atoms with Crippen molar-refractivity contribution in [1.82, 2.24) is 15.1 Å². The number of hydrogen-bond acceptors (Lipinski definition) is 7. The number of nitrogens with zero attached hydrogens (tertiary/aromatic N) is 2. The lowest BCUT2D eigenvalue weighted by molar-refractivity contribution is -0.133. The minimum Gasteiger partial charge on any atom is -0.465 e. The number of ether oxygens (including phenoxy) is 1. The number of anilines is 1. The molecule has 1 aromatic heterocycles. The Labute approximate surface area is 156 Å². The molecule has 0 atom stereocenters. The minimum absolute atomic E-state index is 0. The van der Waals surface area contributed by atoms with E-state index in [4.69, 9.17) is 0 Å². The van der Waals surface area contributed by atoms with Gasteiger partial charge >= 0.3 is 5.97 Å². The number of nitrogens with one attached hydrogen (secondary N) is 2. The Morgan fingerprint density at radius 2 is 2.00 bits per heavy atom. The van der Waals surface area contributed by atoms with Crippen molar-refractivity contribution in [2.45, 2.75) is 0 Å². The average molecular weight is 391 g/mol. The smallest absolute Gasteiger partial charge is 0.350 e. The zero-order valence-corrected chi connectivity index (χ0v) is 15.9. The zero-order valence-electron chi connectivity index (χ0n) is 14.2. The van der Waals surface area contributed by atoms with Crippen LogP contribution in [0.5, 0.6) is 0 Å². The first-order valence-electron chi connectivity index (χ1n) is 7.64. The van der Waals surface area contributed by atoms with Gasteiger partial charge in [0.15, 0.2) is 0 Å². The molecule has 2 rings (SSSR count). The molecule has 0 unspecified atom stereocenters. The van der Waals surface area contributed by atoms with E-state index in [0.29, 0.717) is 23.7 Å². The first kappa shape index (κ1) is 21.4. The summed E-state index contributed by atoms with van der Waals surface area (Å²) in [6.07, 6.45) is 0. The molecule has 0 bridgehead atoms. The van der Waals surface area contributed by atoms with Crippen molar-refractivity contribution >= 4 is 47.2 Å². The number of piperazine rings is 1. The number of carbonyl (C=O) groups is 3. The Balaban J connectivity index is 0.00000312. The maximum absolute atomic E-state index is 12.2. The minimum atomic E-state index is -0.484. The predicted molar refractivity (Wildman–Crippen MR) is 98.5 cm³/mol. The Bertz CT molecular complexity index is 604. The molecule has 0 radical (unpaired) electrons. The molecule has 1 aliphatic rings. The zero-order chi connectivity index (χ0) is 17.5. The highest BCUT2D eigenvalue weighted by Crippen LogP contribution is 2.22. The van der Waals surface area contributed by atoms with E-state index in [2.05, 4.69) is 15.4 Å². The van der Waals surface area contributed by atoms with Gasteiger partial charge in [0.25, 0.3) is 0 Å². The number of halogens is 1. The van der Waals surface area contributed by atoms with Gasteiger partial charge in [0.1, 0.15) is 4.88 Å². The second kappa shape index (κ2) is 10.3. The molecule has 2 heterocycles. The molecule has 0 saturated carbocycles. The Kier molecular flexibility index (Phi) is 8.84. The number of carbonyl (C=O) groups excluding carboxylic acids is 3. The highest BCUT2D eigenvalue weighted by atomic mass is 35.5. The quantitative estimate of drug-likeness (QED) is 0.677. The Hall–Kier alpha value is -1.68. The largest absolute Gasteiger partial charge is 0.465 e. The van der Waals surface area contributed by atoms with Gasteiger partial charge in [-0.3, -0.25) is 14.5 Å². The van der Waals surface area contributed by atoms with Gasteiger partial charge in [0.05, 0.1) is 25.9 Å². The second-order valence-electron chi connectivity index (χ2n) is 5.51. The van der Waals surface area contributed by atoms with Crippen molar-refractivity contribution in [3.8, 4) is 0 Å². The van der Waals surface area contributed by atoms with Crippen LogP contribution in [0, 0.1) is 0 Å². The van der Waals surface area contributed by atoms with Gasteiger partial charge in [-0.2, -0.15) is 0 Å². The summed E-state index contributed by atoms with van der Waals surface area (Å²) in [4.78, 5) is 39.7. The van der Waals surface area contributed by atoms with Gasteiger partial charge in [-0.15, -0.1) is 23.7 Å². The fourth-order valence-electron chi connectivity index (χ4n) is 2.39. The second-order valence-corrected chi connectivity index (χ2v) is 6.42. The van der Waals surface area contributed by atoms with E-state index in [-0.39, 0.29) is 37.3 Å². The first-order valence-corrected chi connectivity index (χ1v) is 8.52. The van der Waals surface area contributed by atoms with Crippen molar-refractivity contribution in [2.75, 3.05) is 58.7 Å². The van der Waals surface area contributed by atoms with Crippen LogP contribution in [0.25, 0.3) is 0 Å². The molecular weight excluding hydrogens is 368 g/mol. The molecular formula is C15H23ClN4O4S. The van der Waals surface area contributed by atoms with Crippen molar-refractivity contribution in [3.63, 3.8) is 0 Å². The maximum Gasteiger partial charge on any atom is 0.350 e. The van der Waals surface area contributed by atoms with Crippen molar-refractivity contribution < 1.29 is 19.1 Å². The van der Waals surface area contributed by atoms with Gasteiger partial charge in [0.2, 0.25) is 11.8 Å². The molecule has 10 heteroatoms. The summed E-state index contributed by atoms with van der Waals surface area (Å²) in [5.74, 6) is -0.755. The summed E-state index contributed by atoms with van der Waals surface area (Å²) in [6, 6.07) is 1.65. The van der Waals surface area contributed by atoms with Gasteiger partial charge in [0, 0.05) is 26.2 Å². The number of amides is 2. The average Bonchev–Trinajstić information content (AvgIpc) is 3.02. The van der Waals surface area contributed by atoms with E-state index in [9.17, 15) is 14.4 Å². The number of rotatable bonds is 6. The van der Waals surface area contributed by atoms with Crippen LogP contribution < -0.4 is 10.6 Å². The van der Waals surface area contributed by atoms with E-state index in [1.54, 1.807) is 28.3 Å². The molecule has 140 valence electrons. The van der Waals surface area contributed by atoms with Gasteiger partial charge in [-0.25, -0.2) is 4.79 Å². The third kappa shape index (κ3) is 6.28. The highest BCUT2D eigenvalue weighted by molar-refractivity contribution is 7.12. The normalized spacial score (nSPS) is 14.0. The summed E-state index contributed by atoms with van der Waals surface area (Å²) in [7, 11) is 3.01. The van der Waals surface area contributed by atoms with E-state index in [1.165, 1.54) is 18.4 Å². The molecule has 1 aliphatic heterocycles. The van der Waals surface area contributed by atoms with Gasteiger partial charge < -0.3 is 20.3 Å². The molecule has 0 aliphatic carbocycles. The number of thiophene rings is 1. The van der Waals surface area contributed by atoms with Crippen molar-refractivity contribution in [3.05, 3.63) is 16.3 Å².